The number of rotatable bonds is 20. The number of hydrogen-bond donors (Lipinski definition) is 1. The number of benzene rings is 3. The van der Waals surface area contributed by atoms with Crippen molar-refractivity contribution in [1.29, 1.82) is 15.8 Å². The molecule has 0 spiro atoms. The number of ether oxygens (including phenoxy) is 1. The van der Waals surface area contributed by atoms with Crippen molar-refractivity contribution in [1.82, 2.24) is 73.9 Å². The molecule has 0 radical (unpaired) electrons. The Morgan fingerprint density at radius 3 is 1.34 bits per heavy atom. The van der Waals surface area contributed by atoms with Crippen LogP contribution in [-0.2, 0) is 9.53 Å². The van der Waals surface area contributed by atoms with Gasteiger partial charge in [0.05, 0.1) is 66.8 Å². The largest absolute Gasteiger partial charge is 0.481 e. The Kier molecular flexibility index (Phi) is 21.7. The van der Waals surface area contributed by atoms with Crippen LogP contribution in [0.15, 0.2) is 91.4 Å². The molecule has 27 heteroatoms. The molecule has 9 aromatic rings. The number of fused-ring (bicyclic) bond motifs is 3. The Balaban J connectivity index is 0.686. The highest BCUT2D eigenvalue weighted by molar-refractivity contribution is 6.36. The molecule has 552 valence electrons. The van der Waals surface area contributed by atoms with E-state index in [9.17, 15) is 25.7 Å². The van der Waals surface area contributed by atoms with E-state index < -0.39 is 24.1 Å². The quantitative estimate of drug-likeness (QED) is 0.0743. The summed E-state index contributed by atoms with van der Waals surface area (Å²) in [5.41, 5.74) is 10.8. The number of aromatic nitrogens is 12. The lowest BCUT2D eigenvalue weighted by Gasteiger charge is -2.39. The van der Waals surface area contributed by atoms with Gasteiger partial charge in [0.15, 0.2) is 34.0 Å². The molecule has 0 saturated carbocycles. The van der Waals surface area contributed by atoms with Gasteiger partial charge in [0.1, 0.15) is 34.8 Å². The molecule has 3 aromatic carbocycles. The first-order chi connectivity index (χ1) is 51.6. The smallest absolute Gasteiger partial charge is 0.304 e. The van der Waals surface area contributed by atoms with E-state index in [0.29, 0.717) is 145 Å². The van der Waals surface area contributed by atoms with Crippen molar-refractivity contribution in [2.75, 3.05) is 33.4 Å². The number of nitrogens with zero attached hydrogens (tertiary/aromatic N) is 18. The van der Waals surface area contributed by atoms with Crippen molar-refractivity contribution in [2.24, 2.45) is 29.6 Å². The van der Waals surface area contributed by atoms with Crippen molar-refractivity contribution in [3.05, 3.63) is 172 Å². The van der Waals surface area contributed by atoms with E-state index in [4.69, 9.17) is 114 Å². The lowest BCUT2D eigenvalue weighted by molar-refractivity contribution is -0.138. The second-order valence-corrected chi connectivity index (χ2v) is 33.0. The second kappa shape index (κ2) is 31.2. The number of nitriles is 3. The van der Waals surface area contributed by atoms with Crippen molar-refractivity contribution < 1.29 is 14.6 Å². The summed E-state index contributed by atoms with van der Waals surface area (Å²) >= 11 is 40.6. The van der Waals surface area contributed by atoms with Gasteiger partial charge >= 0.3 is 5.97 Å². The molecular weight excluding hydrogens is 1470 g/mol. The third-order valence-corrected chi connectivity index (χ3v) is 25.5. The first-order valence-electron chi connectivity index (χ1n) is 37.0. The Morgan fingerprint density at radius 2 is 0.953 bits per heavy atom. The maximum atomic E-state index is 12.8. The highest BCUT2D eigenvalue weighted by Gasteiger charge is 2.45. The number of likely N-dealkylation sites (tertiary alicyclic amines) is 3. The summed E-state index contributed by atoms with van der Waals surface area (Å²) in [5, 5.41) is 59.5. The number of carboxylic acids is 1. The van der Waals surface area contributed by atoms with Crippen LogP contribution in [0, 0.1) is 63.6 Å². The zero-order valence-electron chi connectivity index (χ0n) is 60.3. The molecule has 0 bridgehead atoms. The molecule has 14 atom stereocenters. The fourth-order valence-corrected chi connectivity index (χ4v) is 20.3. The standard InChI is InChI=1S/C80H82Cl6N18O3/c1-42-22-49(9-18-69(42)99-21-7-8-45(99)4)67-37-91-77-65(35-89)98-104(80(77)94-67)73(59-17-14-54(83)31-62(59)86)28-48-26-56(41-107-6)101(40-48)71-20-11-51(24-44(71)3)68-38-92-76-64(34-88)97-103(79(76)95-68)72(58-16-13-53(82)30-61(58)85)27-47-25-55(32-74(105)106)100(39-47)70-19-10-50(23-43(70)2)66-36-90-75-63(33-87)96-102(78(75)93-66)46(5)57-15-12-52(81)29-60(57)84/h9-17,29-31,36-38,42-48,55-56,69-73H,7-8,18-28,32,39-41H2,1-6H3,(H,105,106). The van der Waals surface area contributed by atoms with Crippen LogP contribution in [0.3, 0.4) is 0 Å². The fourth-order valence-electron chi connectivity index (χ4n) is 18.6. The van der Waals surface area contributed by atoms with Crippen LogP contribution < -0.4 is 0 Å². The van der Waals surface area contributed by atoms with Gasteiger partial charge in [-0.05, 0) is 197 Å². The average Bonchev–Trinajstić information content (AvgIpc) is 1.65. The number of halogens is 6. The molecule has 6 aromatic heterocycles. The zero-order valence-corrected chi connectivity index (χ0v) is 64.9. The molecule has 3 aliphatic carbocycles. The molecule has 107 heavy (non-hydrogen) atoms. The molecule has 6 aliphatic rings. The number of methoxy groups -OCH3 is 1. The monoisotopic (exact) mass is 1550 g/mol. The third kappa shape index (κ3) is 14.7. The fraction of sp³-hybridized carbons (Fsp3) is 0.463. The lowest BCUT2D eigenvalue weighted by atomic mass is 9.83. The number of hydrogen-bond acceptors (Lipinski definition) is 17. The number of carboxylic acid groups (broad SMARTS) is 1. The van der Waals surface area contributed by atoms with Gasteiger partial charge in [0.25, 0.3) is 0 Å². The minimum absolute atomic E-state index is 0.00553. The van der Waals surface area contributed by atoms with Crippen LogP contribution in [0.2, 0.25) is 30.1 Å². The van der Waals surface area contributed by atoms with Gasteiger partial charge in [-0.25, -0.2) is 43.9 Å². The first kappa shape index (κ1) is 74.5. The van der Waals surface area contributed by atoms with Gasteiger partial charge in [-0.1, -0.05) is 127 Å². The van der Waals surface area contributed by atoms with E-state index in [-0.39, 0.29) is 71.3 Å². The van der Waals surface area contributed by atoms with E-state index in [1.54, 1.807) is 65.4 Å². The molecule has 3 fully saturated rings. The summed E-state index contributed by atoms with van der Waals surface area (Å²) in [4.78, 5) is 51.0. The van der Waals surface area contributed by atoms with E-state index in [1.807, 2.05) is 35.9 Å². The Bertz CT molecular complexity index is 5190. The van der Waals surface area contributed by atoms with Crippen LogP contribution in [0.5, 0.6) is 0 Å². The van der Waals surface area contributed by atoms with Crippen molar-refractivity contribution >= 4 is 126 Å². The van der Waals surface area contributed by atoms with E-state index >= 15 is 0 Å². The van der Waals surface area contributed by atoms with Crippen LogP contribution in [0.1, 0.15) is 187 Å². The number of aliphatic carboxylic acids is 1. The highest BCUT2D eigenvalue weighted by Crippen LogP contribution is 2.47. The second-order valence-electron chi connectivity index (χ2n) is 30.5. The molecular formula is C80H82Cl6N18O3. The normalized spacial score (nSPS) is 25.4. The molecule has 9 heterocycles. The van der Waals surface area contributed by atoms with Gasteiger partial charge in [-0.2, -0.15) is 31.1 Å². The van der Waals surface area contributed by atoms with Crippen molar-refractivity contribution in [2.45, 2.75) is 172 Å². The lowest BCUT2D eigenvalue weighted by Crippen LogP contribution is -2.45. The summed E-state index contributed by atoms with van der Waals surface area (Å²) in [7, 11) is 1.76. The SMILES string of the molecule is COCC1CC(CC(c2ccc(Cl)cc2Cl)n2nc(C#N)c3ncc(C4=CCC(N5CCCC5C)C(C)C4)nc32)CN1C1CC=C(c2cnc3c(C#N)nn(C(CC4CC(CC(=O)O)N(C5CC=C(c6cnc7c(C#N)nn(C(C)c8ccc(Cl)cc8Cl)c7n6)CC5C)C4)c4ccc(Cl)cc4Cl)c3n2)CC1C. The van der Waals surface area contributed by atoms with E-state index in [0.717, 1.165) is 77.9 Å². The number of allylic oxidation sites excluding steroid dienone is 3. The van der Waals surface area contributed by atoms with E-state index in [1.165, 1.54) is 12.8 Å². The Labute approximate surface area is 651 Å². The molecule has 0 amide bonds. The minimum Gasteiger partial charge on any atom is -0.481 e. The van der Waals surface area contributed by atoms with Crippen molar-refractivity contribution in [3.63, 3.8) is 0 Å². The maximum absolute atomic E-state index is 12.8. The average molecular weight is 1560 g/mol. The van der Waals surface area contributed by atoms with Gasteiger partial charge in [-0.15, -0.1) is 0 Å². The summed E-state index contributed by atoms with van der Waals surface area (Å²) in [6.07, 6.45) is 21.6. The predicted octanol–water partition coefficient (Wildman–Crippen LogP) is 17.1. The Hall–Kier alpha value is -7.95. The molecule has 14 unspecified atom stereocenters. The summed E-state index contributed by atoms with van der Waals surface area (Å²) in [5.74, 6) is -0.0917. The van der Waals surface area contributed by atoms with E-state index in [2.05, 4.69) is 83.9 Å². The van der Waals surface area contributed by atoms with Crippen LogP contribution >= 0.6 is 69.6 Å². The maximum Gasteiger partial charge on any atom is 0.304 e. The molecule has 15 rings (SSSR count). The number of carbonyl (C=O) groups is 1. The topological polar surface area (TPSA) is 258 Å². The Morgan fingerprint density at radius 1 is 0.561 bits per heavy atom. The van der Waals surface area contributed by atoms with Crippen LogP contribution in [0.25, 0.3) is 50.2 Å². The highest BCUT2D eigenvalue weighted by atomic mass is 35.5. The van der Waals surface area contributed by atoms with Gasteiger partial charge in [-0.3, -0.25) is 19.5 Å². The third-order valence-electron chi connectivity index (χ3n) is 23.8. The minimum atomic E-state index is -0.881. The van der Waals surface area contributed by atoms with Gasteiger partial charge in [0.2, 0.25) is 0 Å². The molecule has 3 aliphatic heterocycles. The first-order valence-corrected chi connectivity index (χ1v) is 39.3. The summed E-state index contributed by atoms with van der Waals surface area (Å²) in [6, 6.07) is 22.8. The zero-order chi connectivity index (χ0) is 74.8. The molecule has 3 saturated heterocycles. The molecule has 1 N–H and O–H groups in total. The summed E-state index contributed by atoms with van der Waals surface area (Å²) in [6.45, 7) is 14.2. The van der Waals surface area contributed by atoms with Gasteiger partial charge in [0, 0.05) is 86.6 Å². The van der Waals surface area contributed by atoms with Crippen molar-refractivity contribution in [3.8, 4) is 18.2 Å². The van der Waals surface area contributed by atoms with Crippen LogP contribution in [-0.4, -0.2) is 155 Å². The summed E-state index contributed by atoms with van der Waals surface area (Å²) < 4.78 is 11.4. The van der Waals surface area contributed by atoms with Crippen LogP contribution in [0.4, 0.5) is 0 Å². The predicted molar refractivity (Wildman–Crippen MR) is 416 cm³/mol. The molecule has 21 nitrogen and oxygen atoms in total. The van der Waals surface area contributed by atoms with Gasteiger partial charge < -0.3 is 9.84 Å².